The summed E-state index contributed by atoms with van der Waals surface area (Å²) in [7, 11) is 1.33. The van der Waals surface area contributed by atoms with E-state index in [0.29, 0.717) is 29.9 Å². The van der Waals surface area contributed by atoms with Crippen molar-refractivity contribution in [2.45, 2.75) is 58.1 Å². The lowest BCUT2D eigenvalue weighted by Gasteiger charge is -2.54. The fourth-order valence-corrected chi connectivity index (χ4v) is 5.81. The Morgan fingerprint density at radius 3 is 2.42 bits per heavy atom. The van der Waals surface area contributed by atoms with Crippen molar-refractivity contribution in [2.24, 2.45) is 29.6 Å². The second-order valence-electron chi connectivity index (χ2n) is 9.78. The van der Waals surface area contributed by atoms with Crippen LogP contribution in [-0.4, -0.2) is 52.6 Å². The van der Waals surface area contributed by atoms with Crippen LogP contribution in [0.2, 0.25) is 0 Å². The molecule has 1 amide bonds. The first kappa shape index (κ1) is 21.9. The van der Waals surface area contributed by atoms with E-state index >= 15 is 0 Å². The van der Waals surface area contributed by atoms with E-state index in [1.807, 2.05) is 13.8 Å². The first-order valence-corrected chi connectivity index (χ1v) is 11.3. The van der Waals surface area contributed by atoms with E-state index in [4.69, 9.17) is 9.47 Å². The number of ether oxygens (including phenoxy) is 2. The Morgan fingerprint density at radius 2 is 1.87 bits per heavy atom. The molecule has 4 aliphatic carbocycles. The molecule has 0 spiro atoms. The molecule has 31 heavy (non-hydrogen) atoms. The van der Waals surface area contributed by atoms with Crippen molar-refractivity contribution in [2.75, 3.05) is 13.7 Å². The zero-order valence-corrected chi connectivity index (χ0v) is 18.5. The SMILES string of the molecule is COC(/C=C/n1ncc(C(=O)NC2C3CC4CC(C3)CC2C4)c1OCC(C)C)C(=O)O. The van der Waals surface area contributed by atoms with Crippen LogP contribution in [0.4, 0.5) is 0 Å². The molecule has 1 aromatic heterocycles. The molecule has 4 bridgehead atoms. The van der Waals surface area contributed by atoms with E-state index in [9.17, 15) is 14.7 Å². The van der Waals surface area contributed by atoms with Gasteiger partial charge in [0.2, 0.25) is 5.88 Å². The number of hydrogen-bond acceptors (Lipinski definition) is 5. The molecular weight excluding hydrogens is 398 g/mol. The quantitative estimate of drug-likeness (QED) is 0.623. The summed E-state index contributed by atoms with van der Waals surface area (Å²) >= 11 is 0. The van der Waals surface area contributed by atoms with Crippen LogP contribution in [-0.2, 0) is 9.53 Å². The summed E-state index contributed by atoms with van der Waals surface area (Å²) in [6.45, 7) is 4.47. The van der Waals surface area contributed by atoms with Gasteiger partial charge in [-0.15, -0.1) is 0 Å². The topological polar surface area (TPSA) is 103 Å². The van der Waals surface area contributed by atoms with Gasteiger partial charge in [-0.3, -0.25) is 4.79 Å². The zero-order valence-electron chi connectivity index (χ0n) is 18.5. The minimum absolute atomic E-state index is 0.169. The Hall–Kier alpha value is -2.35. The molecule has 1 unspecified atom stereocenters. The highest BCUT2D eigenvalue weighted by atomic mass is 16.5. The van der Waals surface area contributed by atoms with Crippen LogP contribution in [0, 0.1) is 29.6 Å². The summed E-state index contributed by atoms with van der Waals surface area (Å²) in [6, 6.07) is 0.224. The van der Waals surface area contributed by atoms with Crippen LogP contribution in [0.3, 0.4) is 0 Å². The fraction of sp³-hybridized carbons (Fsp3) is 0.696. The number of carbonyl (C=O) groups is 2. The molecule has 1 aromatic rings. The monoisotopic (exact) mass is 431 g/mol. The fourth-order valence-electron chi connectivity index (χ4n) is 5.81. The van der Waals surface area contributed by atoms with Gasteiger partial charge in [0.1, 0.15) is 5.56 Å². The second kappa shape index (κ2) is 9.02. The predicted molar refractivity (Wildman–Crippen MR) is 115 cm³/mol. The van der Waals surface area contributed by atoms with E-state index in [2.05, 4.69) is 10.4 Å². The number of hydrogen-bond donors (Lipinski definition) is 2. The summed E-state index contributed by atoms with van der Waals surface area (Å²) in [5.41, 5.74) is 0.378. The Bertz CT molecular complexity index is 818. The number of aliphatic carboxylic acids is 1. The molecule has 4 fully saturated rings. The van der Waals surface area contributed by atoms with Gasteiger partial charge in [-0.1, -0.05) is 13.8 Å². The number of rotatable bonds is 9. The lowest BCUT2D eigenvalue weighted by molar-refractivity contribution is -0.145. The minimum Gasteiger partial charge on any atom is -0.479 e. The Morgan fingerprint density at radius 1 is 1.23 bits per heavy atom. The van der Waals surface area contributed by atoms with Crippen molar-refractivity contribution in [1.29, 1.82) is 0 Å². The van der Waals surface area contributed by atoms with Crippen LogP contribution in [0.25, 0.3) is 6.20 Å². The van der Waals surface area contributed by atoms with E-state index in [1.165, 1.54) is 62.4 Å². The second-order valence-corrected chi connectivity index (χ2v) is 9.78. The summed E-state index contributed by atoms with van der Waals surface area (Å²) in [4.78, 5) is 24.4. The summed E-state index contributed by atoms with van der Waals surface area (Å²) in [5.74, 6) is 2.16. The normalized spacial score (nSPS) is 30.1. The van der Waals surface area contributed by atoms with Gasteiger partial charge in [-0.25, -0.2) is 9.48 Å². The van der Waals surface area contributed by atoms with Gasteiger partial charge in [0.25, 0.3) is 5.91 Å². The highest BCUT2D eigenvalue weighted by Crippen LogP contribution is 2.53. The van der Waals surface area contributed by atoms with E-state index in [1.54, 1.807) is 0 Å². The molecule has 0 radical (unpaired) electrons. The number of carboxylic acid groups (broad SMARTS) is 1. The molecule has 5 rings (SSSR count). The van der Waals surface area contributed by atoms with Gasteiger partial charge in [-0.2, -0.15) is 5.10 Å². The van der Waals surface area contributed by atoms with Gasteiger partial charge in [0, 0.05) is 19.4 Å². The maximum absolute atomic E-state index is 13.2. The number of nitrogens with one attached hydrogen (secondary N) is 1. The van der Waals surface area contributed by atoms with Crippen LogP contribution >= 0.6 is 0 Å². The molecule has 8 heteroatoms. The first-order chi connectivity index (χ1) is 14.9. The lowest BCUT2D eigenvalue weighted by atomic mass is 9.54. The molecule has 0 aliphatic heterocycles. The average Bonchev–Trinajstić information content (AvgIpc) is 3.11. The Labute approximate surface area is 183 Å². The number of amides is 1. The van der Waals surface area contributed by atoms with Crippen LogP contribution in [0.1, 0.15) is 56.3 Å². The highest BCUT2D eigenvalue weighted by Gasteiger charge is 2.48. The van der Waals surface area contributed by atoms with Crippen LogP contribution in [0.5, 0.6) is 5.88 Å². The summed E-state index contributed by atoms with van der Waals surface area (Å²) in [5, 5.41) is 16.7. The summed E-state index contributed by atoms with van der Waals surface area (Å²) < 4.78 is 12.3. The predicted octanol–water partition coefficient (Wildman–Crippen LogP) is 3.04. The molecule has 0 aromatic carbocycles. The zero-order chi connectivity index (χ0) is 22.1. The van der Waals surface area contributed by atoms with Crippen molar-refractivity contribution >= 4 is 18.1 Å². The van der Waals surface area contributed by atoms with E-state index in [-0.39, 0.29) is 17.9 Å². The third kappa shape index (κ3) is 4.63. The Kier molecular flexibility index (Phi) is 6.36. The highest BCUT2D eigenvalue weighted by molar-refractivity contribution is 5.96. The first-order valence-electron chi connectivity index (χ1n) is 11.3. The molecule has 1 atom stereocenters. The molecule has 2 N–H and O–H groups in total. The largest absolute Gasteiger partial charge is 0.479 e. The van der Waals surface area contributed by atoms with Gasteiger partial charge in [0.05, 0.1) is 12.8 Å². The molecule has 0 saturated heterocycles. The molecule has 8 nitrogen and oxygen atoms in total. The van der Waals surface area contributed by atoms with Crippen molar-refractivity contribution in [1.82, 2.24) is 15.1 Å². The standard InChI is InChI=1S/C23H33N3O5/c1-13(2)12-31-22-18(11-24-26(22)5-4-19(30-3)23(28)29)21(27)25-20-16-7-14-6-15(9-16)10-17(20)8-14/h4-5,11,13-17,19-20H,6-10,12H2,1-3H3,(H,25,27)(H,28,29)/b5-4+. The molecule has 170 valence electrons. The number of methoxy groups -OCH3 is 1. The van der Waals surface area contributed by atoms with Crippen molar-refractivity contribution < 1.29 is 24.2 Å². The van der Waals surface area contributed by atoms with E-state index in [0.717, 1.165) is 11.8 Å². The van der Waals surface area contributed by atoms with Gasteiger partial charge in [-0.05, 0) is 67.8 Å². The molecule has 4 aliphatic rings. The molecule has 4 saturated carbocycles. The average molecular weight is 432 g/mol. The van der Waals surface area contributed by atoms with Crippen LogP contribution in [0.15, 0.2) is 12.3 Å². The smallest absolute Gasteiger partial charge is 0.336 e. The van der Waals surface area contributed by atoms with E-state index < -0.39 is 12.1 Å². The van der Waals surface area contributed by atoms with Crippen molar-refractivity contribution in [3.63, 3.8) is 0 Å². The number of nitrogens with zero attached hydrogens (tertiary/aromatic N) is 2. The minimum atomic E-state index is -1.10. The van der Waals surface area contributed by atoms with Crippen molar-refractivity contribution in [3.8, 4) is 5.88 Å². The van der Waals surface area contributed by atoms with Gasteiger partial charge < -0.3 is 19.9 Å². The maximum atomic E-state index is 13.2. The number of carboxylic acids is 1. The third-order valence-electron chi connectivity index (χ3n) is 6.97. The number of carbonyl (C=O) groups excluding carboxylic acids is 1. The number of aromatic nitrogens is 2. The Balaban J connectivity index is 1.52. The lowest BCUT2D eigenvalue weighted by Crippen LogP contribution is -2.55. The maximum Gasteiger partial charge on any atom is 0.336 e. The molecule has 1 heterocycles. The summed E-state index contributed by atoms with van der Waals surface area (Å²) in [6.07, 6.45) is 9.51. The van der Waals surface area contributed by atoms with Crippen molar-refractivity contribution in [3.05, 3.63) is 17.8 Å². The third-order valence-corrected chi connectivity index (χ3v) is 6.97. The van der Waals surface area contributed by atoms with Gasteiger partial charge in [0.15, 0.2) is 6.10 Å². The van der Waals surface area contributed by atoms with Crippen LogP contribution < -0.4 is 10.1 Å². The van der Waals surface area contributed by atoms with Gasteiger partial charge >= 0.3 is 5.97 Å². The molecular formula is C23H33N3O5.